The molecule has 0 radical (unpaired) electrons. The van der Waals surface area contributed by atoms with Crippen molar-refractivity contribution in [2.24, 2.45) is 12.8 Å². The maximum Gasteiger partial charge on any atom is 0.334 e. The third-order valence-electron chi connectivity index (χ3n) is 4.56. The number of rotatable bonds is 4. The van der Waals surface area contributed by atoms with Crippen molar-refractivity contribution in [2.45, 2.75) is 4.90 Å². The lowest BCUT2D eigenvalue weighted by Crippen LogP contribution is -2.21. The molecule has 2 aromatic heterocycles. The highest BCUT2D eigenvalue weighted by Gasteiger charge is 2.22. The van der Waals surface area contributed by atoms with Crippen LogP contribution in [-0.2, 0) is 7.05 Å². The fourth-order valence-corrected chi connectivity index (χ4v) is 3.52. The van der Waals surface area contributed by atoms with Crippen LogP contribution >= 0.6 is 11.8 Å². The van der Waals surface area contributed by atoms with Crippen molar-refractivity contribution in [3.05, 3.63) is 70.5 Å². The second-order valence-corrected chi connectivity index (χ2v) is 7.19. The summed E-state index contributed by atoms with van der Waals surface area (Å²) in [6, 6.07) is 12.9. The van der Waals surface area contributed by atoms with Crippen molar-refractivity contribution >= 4 is 28.8 Å². The number of aryl methyl sites for hydroxylation is 1. The number of primary amides is 1. The highest BCUT2D eigenvalue weighted by atomic mass is 32.2. The van der Waals surface area contributed by atoms with Gasteiger partial charge in [-0.1, -0.05) is 12.1 Å². The summed E-state index contributed by atoms with van der Waals surface area (Å²) in [5.74, 6) is -0.935. The summed E-state index contributed by atoms with van der Waals surface area (Å²) in [5, 5.41) is 0. The average Bonchev–Trinajstić information content (AvgIpc) is 2.98. The Morgan fingerprint density at radius 2 is 1.72 bits per heavy atom. The van der Waals surface area contributed by atoms with E-state index in [1.807, 2.05) is 30.5 Å². The molecule has 0 aliphatic carbocycles. The minimum Gasteiger partial charge on any atom is -0.364 e. The fourth-order valence-electron chi connectivity index (χ4n) is 3.11. The van der Waals surface area contributed by atoms with Crippen LogP contribution in [0.25, 0.3) is 28.2 Å². The van der Waals surface area contributed by atoms with Gasteiger partial charge in [-0.2, -0.15) is 0 Å². The molecule has 2 aromatic carbocycles. The molecule has 4 rings (SSSR count). The van der Waals surface area contributed by atoms with Gasteiger partial charge in [0.05, 0.1) is 5.69 Å². The van der Waals surface area contributed by atoms with Crippen molar-refractivity contribution in [2.75, 3.05) is 6.26 Å². The summed E-state index contributed by atoms with van der Waals surface area (Å²) in [6.45, 7) is 0. The van der Waals surface area contributed by atoms with Gasteiger partial charge >= 0.3 is 5.69 Å². The van der Waals surface area contributed by atoms with Gasteiger partial charge in [0.1, 0.15) is 11.3 Å². The molecule has 1 amide bonds. The van der Waals surface area contributed by atoms with Crippen LogP contribution in [0.1, 0.15) is 10.5 Å². The number of nitrogens with zero attached hydrogens (tertiary/aromatic N) is 4. The summed E-state index contributed by atoms with van der Waals surface area (Å²) in [6.07, 6.45) is 1.97. The van der Waals surface area contributed by atoms with E-state index in [1.165, 1.54) is 40.4 Å². The maximum absolute atomic E-state index is 13.4. The average molecular weight is 409 g/mol. The first-order chi connectivity index (χ1) is 13.9. The van der Waals surface area contributed by atoms with Gasteiger partial charge in [0.25, 0.3) is 5.91 Å². The Hall–Kier alpha value is -3.46. The van der Waals surface area contributed by atoms with Crippen molar-refractivity contribution in [3.63, 3.8) is 0 Å². The normalized spacial score (nSPS) is 11.1. The summed E-state index contributed by atoms with van der Waals surface area (Å²) < 4.78 is 15.9. The van der Waals surface area contributed by atoms with Crippen molar-refractivity contribution in [3.8, 4) is 17.1 Å². The van der Waals surface area contributed by atoms with E-state index in [9.17, 15) is 14.0 Å². The number of carbonyl (C=O) groups is 1. The number of fused-ring (bicyclic) bond motifs is 1. The summed E-state index contributed by atoms with van der Waals surface area (Å²) >= 11 is 1.60. The Bertz CT molecular complexity index is 1290. The first kappa shape index (κ1) is 18.9. The van der Waals surface area contributed by atoms with E-state index in [0.717, 1.165) is 4.90 Å². The van der Waals surface area contributed by atoms with Crippen LogP contribution in [0.4, 0.5) is 4.39 Å². The Balaban J connectivity index is 2.05. The molecule has 29 heavy (non-hydrogen) atoms. The van der Waals surface area contributed by atoms with Gasteiger partial charge in [0.2, 0.25) is 0 Å². The Labute approximate surface area is 169 Å². The second kappa shape index (κ2) is 7.17. The van der Waals surface area contributed by atoms with E-state index >= 15 is 0 Å². The Morgan fingerprint density at radius 3 is 2.31 bits per heavy atom. The smallest absolute Gasteiger partial charge is 0.334 e. The third-order valence-corrected chi connectivity index (χ3v) is 5.30. The van der Waals surface area contributed by atoms with E-state index in [0.29, 0.717) is 11.3 Å². The molecule has 4 aromatic rings. The molecule has 0 saturated carbocycles. The second-order valence-electron chi connectivity index (χ2n) is 6.31. The number of carbonyl (C=O) groups excluding carboxylic acids is 1. The molecule has 9 heteroatoms. The number of imidazole rings is 1. The zero-order valence-corrected chi connectivity index (χ0v) is 16.4. The van der Waals surface area contributed by atoms with Crippen LogP contribution in [0.2, 0.25) is 0 Å². The van der Waals surface area contributed by atoms with Gasteiger partial charge in [0.15, 0.2) is 17.2 Å². The van der Waals surface area contributed by atoms with Crippen LogP contribution in [0.5, 0.6) is 0 Å². The predicted octanol–water partition coefficient (Wildman–Crippen LogP) is 2.75. The number of benzene rings is 2. The van der Waals surface area contributed by atoms with E-state index < -0.39 is 17.4 Å². The molecule has 2 N–H and O–H groups in total. The molecule has 0 spiro atoms. The third kappa shape index (κ3) is 3.19. The lowest BCUT2D eigenvalue weighted by Gasteiger charge is -2.07. The molecule has 0 bridgehead atoms. The van der Waals surface area contributed by atoms with Gasteiger partial charge in [-0.3, -0.25) is 9.36 Å². The molecule has 0 atom stereocenters. The Morgan fingerprint density at radius 1 is 1.07 bits per heavy atom. The maximum atomic E-state index is 13.4. The van der Waals surface area contributed by atoms with Crippen molar-refractivity contribution in [1.29, 1.82) is 0 Å². The topological polar surface area (TPSA) is 95.8 Å². The van der Waals surface area contributed by atoms with Crippen LogP contribution in [0.3, 0.4) is 0 Å². The molecule has 0 aliphatic rings. The summed E-state index contributed by atoms with van der Waals surface area (Å²) in [5.41, 5.74) is 6.58. The zero-order chi connectivity index (χ0) is 20.7. The number of nitrogens with two attached hydrogens (primary N) is 1. The highest BCUT2D eigenvalue weighted by molar-refractivity contribution is 7.98. The molecular weight excluding hydrogens is 393 g/mol. The van der Waals surface area contributed by atoms with Crippen LogP contribution in [0, 0.1) is 5.82 Å². The lowest BCUT2D eigenvalue weighted by atomic mass is 10.2. The summed E-state index contributed by atoms with van der Waals surface area (Å²) in [7, 11) is 1.51. The lowest BCUT2D eigenvalue weighted by molar-refractivity contribution is 0.0997. The van der Waals surface area contributed by atoms with E-state index in [4.69, 9.17) is 5.73 Å². The number of thioether (sulfide) groups is 1. The first-order valence-electron chi connectivity index (χ1n) is 8.60. The first-order valence-corrected chi connectivity index (χ1v) is 9.83. The molecule has 146 valence electrons. The number of hydrogen-bond acceptors (Lipinski definition) is 5. The summed E-state index contributed by atoms with van der Waals surface area (Å²) in [4.78, 5) is 34.9. The van der Waals surface area contributed by atoms with Crippen LogP contribution in [0.15, 0.2) is 58.2 Å². The van der Waals surface area contributed by atoms with Crippen LogP contribution < -0.4 is 11.4 Å². The van der Waals surface area contributed by atoms with Gasteiger partial charge in [-0.15, -0.1) is 11.8 Å². The van der Waals surface area contributed by atoms with E-state index in [2.05, 4.69) is 9.97 Å². The van der Waals surface area contributed by atoms with E-state index in [1.54, 1.807) is 11.8 Å². The predicted molar refractivity (Wildman–Crippen MR) is 110 cm³/mol. The monoisotopic (exact) mass is 409 g/mol. The highest BCUT2D eigenvalue weighted by Crippen LogP contribution is 2.25. The largest absolute Gasteiger partial charge is 0.364 e. The van der Waals surface area contributed by atoms with E-state index in [-0.39, 0.29) is 22.7 Å². The minimum atomic E-state index is -0.772. The number of aromatic nitrogens is 4. The standard InChI is InChI=1S/C20H16FN5O2S/c1-25-16-15(17(22)27)23-18(11-3-9-14(29-2)10-4-11)24-19(16)26(20(25)28)13-7-5-12(21)6-8-13/h3-10H,1-2H3,(H2,22,27). The van der Waals surface area contributed by atoms with Crippen molar-refractivity contribution < 1.29 is 9.18 Å². The molecular formula is C20H16FN5O2S. The van der Waals surface area contributed by atoms with Crippen molar-refractivity contribution in [1.82, 2.24) is 19.1 Å². The minimum absolute atomic E-state index is 0.0561. The SMILES string of the molecule is CSc1ccc(-c2nc(C(N)=O)c3c(n2)n(-c2ccc(F)cc2)c(=O)n3C)cc1. The number of halogens is 1. The van der Waals surface area contributed by atoms with Gasteiger partial charge in [-0.25, -0.2) is 23.7 Å². The molecule has 0 aliphatic heterocycles. The molecule has 0 saturated heterocycles. The zero-order valence-electron chi connectivity index (χ0n) is 15.6. The molecule has 0 unspecified atom stereocenters. The quantitative estimate of drug-likeness (QED) is 0.523. The fraction of sp³-hybridized carbons (Fsp3) is 0.100. The molecule has 0 fully saturated rings. The molecule has 7 nitrogen and oxygen atoms in total. The van der Waals surface area contributed by atoms with Gasteiger partial charge in [-0.05, 0) is 42.7 Å². The van der Waals surface area contributed by atoms with Crippen LogP contribution in [-0.4, -0.2) is 31.3 Å². The Kier molecular flexibility index (Phi) is 4.67. The molecule has 2 heterocycles. The number of amides is 1. The van der Waals surface area contributed by atoms with Gasteiger partial charge in [0, 0.05) is 17.5 Å². The van der Waals surface area contributed by atoms with Gasteiger partial charge < -0.3 is 5.73 Å². The number of hydrogen-bond donors (Lipinski definition) is 1.